The molecule has 2 heterocycles. The zero-order valence-corrected chi connectivity index (χ0v) is 15.5. The fraction of sp³-hybridized carbons (Fsp3) is 0.263. The zero-order valence-electron chi connectivity index (χ0n) is 15.5. The maximum absolute atomic E-state index is 12.6. The number of carbonyl (C=O) groups excluding carboxylic acids is 1. The molecule has 0 spiro atoms. The Morgan fingerprint density at radius 1 is 1.29 bits per heavy atom. The van der Waals surface area contributed by atoms with Gasteiger partial charge in [-0.15, -0.1) is 0 Å². The highest BCUT2D eigenvalue weighted by Crippen LogP contribution is 2.27. The van der Waals surface area contributed by atoms with Crippen LogP contribution in [0, 0.1) is 6.92 Å². The van der Waals surface area contributed by atoms with Crippen LogP contribution in [0.5, 0.6) is 0 Å². The SMILES string of the molecule is C=N/C(=C\C=C(/C)CCC(=O)Nc1[nH]nc(-c2ccncc2)c1C)C(F)(F)F. The summed E-state index contributed by atoms with van der Waals surface area (Å²) < 4.78 is 37.7. The average Bonchev–Trinajstić information content (AvgIpc) is 3.00. The lowest BCUT2D eigenvalue weighted by atomic mass is 10.1. The second kappa shape index (κ2) is 9.12. The maximum atomic E-state index is 12.6. The first-order valence-electron chi connectivity index (χ1n) is 8.39. The number of alkyl halides is 3. The maximum Gasteiger partial charge on any atom is 0.433 e. The lowest BCUT2D eigenvalue weighted by Crippen LogP contribution is -2.12. The fourth-order valence-corrected chi connectivity index (χ4v) is 2.36. The van der Waals surface area contributed by atoms with Crippen LogP contribution in [-0.4, -0.2) is 34.0 Å². The summed E-state index contributed by atoms with van der Waals surface area (Å²) in [6.45, 7) is 6.38. The highest BCUT2D eigenvalue weighted by atomic mass is 19.4. The minimum Gasteiger partial charge on any atom is -0.311 e. The van der Waals surface area contributed by atoms with Crippen molar-refractivity contribution in [1.29, 1.82) is 0 Å². The molecule has 28 heavy (non-hydrogen) atoms. The molecule has 148 valence electrons. The first-order chi connectivity index (χ1) is 13.2. The molecule has 0 aliphatic rings. The lowest BCUT2D eigenvalue weighted by Gasteiger charge is -2.06. The molecule has 0 aliphatic carbocycles. The second-order valence-corrected chi connectivity index (χ2v) is 6.08. The van der Waals surface area contributed by atoms with Crippen molar-refractivity contribution in [3.05, 3.63) is 53.5 Å². The third kappa shape index (κ3) is 5.63. The molecule has 0 radical (unpaired) electrons. The molecule has 0 fully saturated rings. The highest BCUT2D eigenvalue weighted by Gasteiger charge is 2.32. The van der Waals surface area contributed by atoms with E-state index in [2.05, 4.69) is 32.2 Å². The Bertz CT molecular complexity index is 898. The number of aliphatic imine (C=N–C) groups is 1. The van der Waals surface area contributed by atoms with Crippen LogP contribution in [0.1, 0.15) is 25.3 Å². The first-order valence-corrected chi connectivity index (χ1v) is 8.39. The minimum absolute atomic E-state index is 0.113. The van der Waals surface area contributed by atoms with Crippen LogP contribution >= 0.6 is 0 Å². The molecule has 1 amide bonds. The standard InChI is InChI=1S/C19H20F3N5O/c1-12(4-6-15(23-3)19(20,21)22)5-7-16(28)25-18-13(2)17(26-27-18)14-8-10-24-11-9-14/h4,6,8-11H,3,5,7H2,1-2H3,(H2,25,26,27,28)/b12-4+,15-6-. The van der Waals surface area contributed by atoms with Gasteiger partial charge in [0.1, 0.15) is 11.5 Å². The van der Waals surface area contributed by atoms with Crippen LogP contribution < -0.4 is 5.32 Å². The third-order valence-corrected chi connectivity index (χ3v) is 3.96. The van der Waals surface area contributed by atoms with Gasteiger partial charge in [-0.25, -0.2) is 0 Å². The second-order valence-electron chi connectivity index (χ2n) is 6.08. The van der Waals surface area contributed by atoms with Crippen LogP contribution in [0.3, 0.4) is 0 Å². The first kappa shape index (κ1) is 21.1. The normalized spacial score (nSPS) is 12.8. The summed E-state index contributed by atoms with van der Waals surface area (Å²) in [6.07, 6.45) is 1.29. The number of pyridine rings is 1. The number of hydrogen-bond acceptors (Lipinski definition) is 4. The number of amides is 1. The van der Waals surface area contributed by atoms with E-state index in [1.54, 1.807) is 19.3 Å². The van der Waals surface area contributed by atoms with E-state index >= 15 is 0 Å². The summed E-state index contributed by atoms with van der Waals surface area (Å²) in [5, 5.41) is 9.72. The van der Waals surface area contributed by atoms with Crippen LogP contribution in [-0.2, 0) is 4.79 Å². The Hall–Kier alpha value is -3.23. The molecule has 0 atom stereocenters. The number of aromatic amines is 1. The van der Waals surface area contributed by atoms with E-state index in [1.807, 2.05) is 19.1 Å². The predicted octanol–water partition coefficient (Wildman–Crippen LogP) is 4.59. The number of aromatic nitrogens is 3. The molecule has 0 aliphatic heterocycles. The van der Waals surface area contributed by atoms with Crippen molar-refractivity contribution in [1.82, 2.24) is 15.2 Å². The number of anilines is 1. The van der Waals surface area contributed by atoms with Gasteiger partial charge in [0.25, 0.3) is 0 Å². The average molecular weight is 391 g/mol. The van der Waals surface area contributed by atoms with E-state index in [4.69, 9.17) is 0 Å². The van der Waals surface area contributed by atoms with E-state index in [9.17, 15) is 18.0 Å². The molecule has 0 saturated heterocycles. The number of nitrogens with zero attached hydrogens (tertiary/aromatic N) is 3. The van der Waals surface area contributed by atoms with Crippen molar-refractivity contribution >= 4 is 18.4 Å². The summed E-state index contributed by atoms with van der Waals surface area (Å²) >= 11 is 0. The quantitative estimate of drug-likeness (QED) is 0.535. The molecule has 0 bridgehead atoms. The molecule has 2 aromatic heterocycles. The third-order valence-electron chi connectivity index (χ3n) is 3.96. The van der Waals surface area contributed by atoms with Gasteiger partial charge in [-0.05, 0) is 45.2 Å². The number of hydrogen-bond donors (Lipinski definition) is 2. The Morgan fingerprint density at radius 3 is 2.57 bits per heavy atom. The molecule has 2 rings (SSSR count). The smallest absolute Gasteiger partial charge is 0.311 e. The van der Waals surface area contributed by atoms with Gasteiger partial charge < -0.3 is 5.32 Å². The molecule has 2 N–H and O–H groups in total. The van der Waals surface area contributed by atoms with E-state index in [0.717, 1.165) is 17.2 Å². The zero-order chi connectivity index (χ0) is 20.7. The summed E-state index contributed by atoms with van der Waals surface area (Å²) in [5.74, 6) is 0.205. The van der Waals surface area contributed by atoms with Crippen LogP contribution in [0.25, 0.3) is 11.3 Å². The minimum atomic E-state index is -4.55. The van der Waals surface area contributed by atoms with Crippen molar-refractivity contribution in [3.63, 3.8) is 0 Å². The molecular formula is C19H20F3N5O. The Kier molecular flexibility index (Phi) is 6.86. The number of allylic oxidation sites excluding steroid dienone is 4. The van der Waals surface area contributed by atoms with Crippen molar-refractivity contribution in [2.45, 2.75) is 32.9 Å². The number of carbonyl (C=O) groups is 1. The fourth-order valence-electron chi connectivity index (χ4n) is 2.36. The van der Waals surface area contributed by atoms with Crippen LogP contribution in [0.15, 0.2) is 52.9 Å². The number of rotatable bonds is 7. The van der Waals surface area contributed by atoms with Gasteiger partial charge in [0.05, 0.1) is 5.69 Å². The van der Waals surface area contributed by atoms with Gasteiger partial charge in [0, 0.05) is 29.9 Å². The van der Waals surface area contributed by atoms with Crippen molar-refractivity contribution in [2.75, 3.05) is 5.32 Å². The molecule has 0 aromatic carbocycles. The molecule has 6 nitrogen and oxygen atoms in total. The topological polar surface area (TPSA) is 83.0 Å². The number of nitrogens with one attached hydrogen (secondary N) is 2. The molecule has 9 heteroatoms. The van der Waals surface area contributed by atoms with E-state index in [1.165, 1.54) is 6.08 Å². The van der Waals surface area contributed by atoms with Crippen LogP contribution in [0.4, 0.5) is 19.0 Å². The predicted molar refractivity (Wildman–Crippen MR) is 102 cm³/mol. The molecule has 0 saturated carbocycles. The van der Waals surface area contributed by atoms with E-state index in [0.29, 0.717) is 23.5 Å². The van der Waals surface area contributed by atoms with Crippen LogP contribution in [0.2, 0.25) is 0 Å². The van der Waals surface area contributed by atoms with Gasteiger partial charge in [0.2, 0.25) is 5.91 Å². The Morgan fingerprint density at radius 2 is 1.96 bits per heavy atom. The van der Waals surface area contributed by atoms with Crippen molar-refractivity contribution in [2.24, 2.45) is 4.99 Å². The number of H-pyrrole nitrogens is 1. The Balaban J connectivity index is 1.96. The highest BCUT2D eigenvalue weighted by molar-refractivity contribution is 5.91. The van der Waals surface area contributed by atoms with Gasteiger partial charge in [-0.1, -0.05) is 11.6 Å². The van der Waals surface area contributed by atoms with Gasteiger partial charge in [-0.2, -0.15) is 18.3 Å². The van der Waals surface area contributed by atoms with Crippen molar-refractivity contribution < 1.29 is 18.0 Å². The monoisotopic (exact) mass is 391 g/mol. The molecule has 0 unspecified atom stereocenters. The van der Waals surface area contributed by atoms with E-state index in [-0.39, 0.29) is 12.3 Å². The summed E-state index contributed by atoms with van der Waals surface area (Å²) in [5.41, 5.74) is 1.88. The summed E-state index contributed by atoms with van der Waals surface area (Å²) in [4.78, 5) is 19.1. The molecule has 2 aromatic rings. The largest absolute Gasteiger partial charge is 0.433 e. The van der Waals surface area contributed by atoms with Gasteiger partial charge >= 0.3 is 6.18 Å². The molecular weight excluding hydrogens is 371 g/mol. The van der Waals surface area contributed by atoms with Crippen molar-refractivity contribution in [3.8, 4) is 11.3 Å². The van der Waals surface area contributed by atoms with Gasteiger partial charge in [0.15, 0.2) is 0 Å². The Labute approximate surface area is 160 Å². The van der Waals surface area contributed by atoms with Gasteiger partial charge in [-0.3, -0.25) is 19.9 Å². The number of halogens is 3. The van der Waals surface area contributed by atoms with E-state index < -0.39 is 11.9 Å². The lowest BCUT2D eigenvalue weighted by molar-refractivity contribution is -0.116. The summed E-state index contributed by atoms with van der Waals surface area (Å²) in [6, 6.07) is 3.62. The summed E-state index contributed by atoms with van der Waals surface area (Å²) in [7, 11) is 0.